The number of carbonyl (C=O) groups is 4. The number of nitrogens with one attached hydrogen (secondary N) is 2. The predicted octanol–water partition coefficient (Wildman–Crippen LogP) is 5.14. The minimum absolute atomic E-state index is 0.0317. The number of rotatable bonds is 6. The summed E-state index contributed by atoms with van der Waals surface area (Å²) in [6, 6.07) is 18.1. The zero-order chi connectivity index (χ0) is 29.0. The van der Waals surface area contributed by atoms with Crippen LogP contribution in [-0.2, 0) is 16.0 Å². The minimum Gasteiger partial charge on any atom is -0.480 e. The Morgan fingerprint density at radius 3 is 2.49 bits per heavy atom. The Balaban J connectivity index is 1.45. The first-order valence-electron chi connectivity index (χ1n) is 13.3. The largest absolute Gasteiger partial charge is 0.480 e. The summed E-state index contributed by atoms with van der Waals surface area (Å²) in [4.78, 5) is 59.4. The molecule has 0 spiro atoms. The van der Waals surface area contributed by atoms with Crippen LogP contribution in [0.3, 0.4) is 0 Å². The van der Waals surface area contributed by atoms with Crippen LogP contribution in [-0.4, -0.2) is 50.9 Å². The molecule has 3 heterocycles. The number of H-pyrrole nitrogens is 1. The molecule has 1 saturated heterocycles. The number of carboxylic acid groups (broad SMARTS) is 1. The van der Waals surface area contributed by atoms with Gasteiger partial charge in [-0.1, -0.05) is 67.9 Å². The number of benzene rings is 3. The molecule has 4 amide bonds. The van der Waals surface area contributed by atoms with Gasteiger partial charge in [0.15, 0.2) is 0 Å². The monoisotopic (exact) mass is 570 g/mol. The van der Waals surface area contributed by atoms with Crippen LogP contribution in [0.1, 0.15) is 47.1 Å². The van der Waals surface area contributed by atoms with Crippen molar-refractivity contribution in [1.29, 1.82) is 0 Å². The number of aromatic nitrogens is 1. The maximum Gasteiger partial charge on any atom is 0.332 e. The smallest absolute Gasteiger partial charge is 0.332 e. The molecule has 0 aliphatic carbocycles. The van der Waals surface area contributed by atoms with Gasteiger partial charge in [-0.25, -0.2) is 14.5 Å². The standard InChI is InChI=1S/C31H27ClN4O5/c1-16(2)25(30(39)40)34-28(37)20-11-4-6-13-23(20)36-29(38)24-15-21-19-10-3-5-12-22(19)33-26(21)27(35(24)31(36)41)17-8-7-9-18(32)14-17/h3-14,16,24-25,27,33H,15H2,1-2H3,(H,34,37)(H,39,40)/t24-,25+,27?/m0/s1. The molecule has 3 atom stereocenters. The summed E-state index contributed by atoms with van der Waals surface area (Å²) >= 11 is 6.37. The fourth-order valence-electron chi connectivity index (χ4n) is 5.91. The SMILES string of the molecule is CC(C)[C@@H](NC(=O)c1ccccc1N1C(=O)[C@@H]2Cc3c([nH]c4ccccc34)C(c3cccc(Cl)c3)N2C1=O)C(=O)O. The Labute approximate surface area is 240 Å². The summed E-state index contributed by atoms with van der Waals surface area (Å²) in [5, 5.41) is 13.6. The van der Waals surface area contributed by atoms with Crippen LogP contribution in [0.2, 0.25) is 5.02 Å². The Kier molecular flexibility index (Phi) is 6.54. The first-order chi connectivity index (χ1) is 19.7. The Hall–Kier alpha value is -4.63. The summed E-state index contributed by atoms with van der Waals surface area (Å²) < 4.78 is 0. The second-order valence-corrected chi connectivity index (χ2v) is 11.1. The molecule has 0 saturated carbocycles. The van der Waals surface area contributed by atoms with E-state index in [4.69, 9.17) is 11.6 Å². The number of hydrogen-bond acceptors (Lipinski definition) is 4. The van der Waals surface area contributed by atoms with Crippen molar-refractivity contribution in [1.82, 2.24) is 15.2 Å². The van der Waals surface area contributed by atoms with Gasteiger partial charge in [0.1, 0.15) is 18.1 Å². The van der Waals surface area contributed by atoms with Gasteiger partial charge in [-0.15, -0.1) is 0 Å². The third-order valence-corrected chi connectivity index (χ3v) is 8.06. The van der Waals surface area contributed by atoms with Crippen LogP contribution < -0.4 is 10.2 Å². The topological polar surface area (TPSA) is 123 Å². The molecule has 3 aromatic carbocycles. The van der Waals surface area contributed by atoms with Gasteiger partial charge in [0.25, 0.3) is 11.8 Å². The molecular formula is C31H27ClN4O5. The molecule has 1 aromatic heterocycles. The predicted molar refractivity (Wildman–Crippen MR) is 154 cm³/mol. The molecule has 2 aliphatic heterocycles. The first-order valence-corrected chi connectivity index (χ1v) is 13.7. The first kappa shape index (κ1) is 26.6. The quantitative estimate of drug-likeness (QED) is 0.277. The van der Waals surface area contributed by atoms with Crippen molar-refractivity contribution in [2.45, 2.75) is 38.4 Å². The van der Waals surface area contributed by atoms with Crippen molar-refractivity contribution in [3.63, 3.8) is 0 Å². The fraction of sp³-hybridized carbons (Fsp3) is 0.226. The highest BCUT2D eigenvalue weighted by Crippen LogP contribution is 2.45. The second kappa shape index (κ2) is 10.1. The van der Waals surface area contributed by atoms with E-state index in [-0.39, 0.29) is 17.2 Å². The highest BCUT2D eigenvalue weighted by atomic mass is 35.5. The molecule has 208 valence electrons. The number of fused-ring (bicyclic) bond motifs is 4. The molecular weight excluding hydrogens is 544 g/mol. The summed E-state index contributed by atoms with van der Waals surface area (Å²) in [5.41, 5.74) is 3.53. The minimum atomic E-state index is -1.17. The van der Waals surface area contributed by atoms with E-state index in [9.17, 15) is 24.3 Å². The van der Waals surface area contributed by atoms with Crippen molar-refractivity contribution in [3.05, 3.63) is 100 Å². The number of carbonyl (C=O) groups excluding carboxylic acids is 3. The molecule has 6 rings (SSSR count). The van der Waals surface area contributed by atoms with Crippen molar-refractivity contribution >= 4 is 52.0 Å². The number of urea groups is 1. The van der Waals surface area contributed by atoms with E-state index in [2.05, 4.69) is 10.3 Å². The highest BCUT2D eigenvalue weighted by molar-refractivity contribution is 6.30. The Morgan fingerprint density at radius 2 is 1.76 bits per heavy atom. The van der Waals surface area contributed by atoms with Crippen molar-refractivity contribution in [2.24, 2.45) is 5.92 Å². The van der Waals surface area contributed by atoms with Crippen molar-refractivity contribution < 1.29 is 24.3 Å². The van der Waals surface area contributed by atoms with Crippen LogP contribution in [0.5, 0.6) is 0 Å². The van der Waals surface area contributed by atoms with Crippen LogP contribution in [0.4, 0.5) is 10.5 Å². The zero-order valence-corrected chi connectivity index (χ0v) is 23.1. The maximum absolute atomic E-state index is 14.2. The number of carboxylic acids is 1. The van der Waals surface area contributed by atoms with E-state index in [1.54, 1.807) is 49.1 Å². The lowest BCUT2D eigenvalue weighted by atomic mass is 9.89. The van der Waals surface area contributed by atoms with E-state index in [0.29, 0.717) is 11.4 Å². The third kappa shape index (κ3) is 4.33. The molecule has 1 fully saturated rings. The number of amides is 4. The van der Waals surface area contributed by atoms with Crippen molar-refractivity contribution in [3.8, 4) is 0 Å². The van der Waals surface area contributed by atoms with E-state index in [1.807, 2.05) is 30.3 Å². The van der Waals surface area contributed by atoms with E-state index in [1.165, 1.54) is 12.1 Å². The number of hydrogen-bond donors (Lipinski definition) is 3. The zero-order valence-electron chi connectivity index (χ0n) is 22.3. The average Bonchev–Trinajstić information content (AvgIpc) is 3.44. The van der Waals surface area contributed by atoms with Gasteiger partial charge in [-0.3, -0.25) is 14.5 Å². The number of aliphatic carboxylic acids is 1. The van der Waals surface area contributed by atoms with Gasteiger partial charge >= 0.3 is 12.0 Å². The van der Waals surface area contributed by atoms with Gasteiger partial charge in [-0.2, -0.15) is 0 Å². The number of imide groups is 1. The summed E-state index contributed by atoms with van der Waals surface area (Å²) in [7, 11) is 0. The van der Waals surface area contributed by atoms with E-state index >= 15 is 0 Å². The summed E-state index contributed by atoms with van der Waals surface area (Å²) in [6.07, 6.45) is 0.292. The summed E-state index contributed by atoms with van der Waals surface area (Å²) in [5.74, 6) is -2.70. The van der Waals surface area contributed by atoms with E-state index < -0.39 is 41.9 Å². The van der Waals surface area contributed by atoms with Gasteiger partial charge in [0, 0.05) is 28.0 Å². The van der Waals surface area contributed by atoms with Crippen LogP contribution in [0.25, 0.3) is 10.9 Å². The summed E-state index contributed by atoms with van der Waals surface area (Å²) in [6.45, 7) is 3.37. The number of anilines is 1. The lowest BCUT2D eigenvalue weighted by molar-refractivity contribution is -0.140. The fourth-order valence-corrected chi connectivity index (χ4v) is 6.11. The van der Waals surface area contributed by atoms with Crippen LogP contribution in [0.15, 0.2) is 72.8 Å². The molecule has 10 heteroatoms. The van der Waals surface area contributed by atoms with Crippen LogP contribution >= 0.6 is 11.6 Å². The maximum atomic E-state index is 14.2. The molecule has 0 radical (unpaired) electrons. The van der Waals surface area contributed by atoms with Gasteiger partial charge < -0.3 is 15.4 Å². The van der Waals surface area contributed by atoms with Crippen LogP contribution in [0, 0.1) is 5.92 Å². The van der Waals surface area contributed by atoms with Gasteiger partial charge in [0.05, 0.1) is 11.3 Å². The number of para-hydroxylation sites is 2. The Bertz CT molecular complexity index is 1730. The number of nitrogens with zero attached hydrogens (tertiary/aromatic N) is 2. The van der Waals surface area contributed by atoms with Crippen molar-refractivity contribution in [2.75, 3.05) is 4.90 Å². The molecule has 2 aliphatic rings. The second-order valence-electron chi connectivity index (χ2n) is 10.7. The molecule has 0 bridgehead atoms. The van der Waals surface area contributed by atoms with E-state index in [0.717, 1.165) is 32.6 Å². The van der Waals surface area contributed by atoms with Gasteiger partial charge in [-0.05, 0) is 47.4 Å². The molecule has 4 aromatic rings. The molecule has 41 heavy (non-hydrogen) atoms. The molecule has 3 N–H and O–H groups in total. The third-order valence-electron chi connectivity index (χ3n) is 7.82. The average molecular weight is 571 g/mol. The molecule has 9 nitrogen and oxygen atoms in total. The number of halogens is 1. The van der Waals surface area contributed by atoms with Gasteiger partial charge in [0.2, 0.25) is 0 Å². The Morgan fingerprint density at radius 1 is 1.02 bits per heavy atom. The number of aromatic amines is 1. The normalized spacial score (nSPS) is 18.9. The lowest BCUT2D eigenvalue weighted by Gasteiger charge is -2.36. The lowest BCUT2D eigenvalue weighted by Crippen LogP contribution is -2.45. The molecule has 1 unspecified atom stereocenters. The highest BCUT2D eigenvalue weighted by Gasteiger charge is 2.53.